The Kier molecular flexibility index (Phi) is 10.4. The number of benzene rings is 1. The minimum absolute atomic E-state index is 0.0621. The fourth-order valence-electron chi connectivity index (χ4n) is 3.21. The maximum atomic E-state index is 12.9. The smallest absolute Gasteiger partial charge is 0.354 e. The van der Waals surface area contributed by atoms with E-state index in [4.69, 9.17) is 9.47 Å². The predicted octanol–water partition coefficient (Wildman–Crippen LogP) is 5.51. The van der Waals surface area contributed by atoms with Crippen LogP contribution >= 0.6 is 0 Å². The van der Waals surface area contributed by atoms with Crippen molar-refractivity contribution >= 4 is 23.2 Å². The van der Waals surface area contributed by atoms with E-state index in [1.807, 2.05) is 6.07 Å². The van der Waals surface area contributed by atoms with Crippen LogP contribution in [0.2, 0.25) is 0 Å². The Hall–Kier alpha value is -4.85. The molecule has 0 fully saturated rings. The summed E-state index contributed by atoms with van der Waals surface area (Å²) >= 11 is 0. The molecule has 0 saturated heterocycles. The van der Waals surface area contributed by atoms with Gasteiger partial charge in [-0.2, -0.15) is 14.9 Å². The molecule has 0 aliphatic heterocycles. The summed E-state index contributed by atoms with van der Waals surface area (Å²) < 4.78 is 11.4. The first-order valence-corrected chi connectivity index (χ1v) is 11.6. The number of azo groups is 1. The van der Waals surface area contributed by atoms with Gasteiger partial charge in [-0.3, -0.25) is 0 Å². The second-order valence-electron chi connectivity index (χ2n) is 8.44. The summed E-state index contributed by atoms with van der Waals surface area (Å²) in [6.45, 7) is 15.9. The van der Waals surface area contributed by atoms with Crippen LogP contribution in [0.5, 0.6) is 0 Å². The molecule has 11 nitrogen and oxygen atoms in total. The lowest BCUT2D eigenvalue weighted by atomic mass is 10.1. The number of allylic oxidation sites excluding steroid dienone is 1. The minimum Gasteiger partial charge on any atom is -0.494 e. The molecule has 198 valence electrons. The lowest BCUT2D eigenvalue weighted by Crippen LogP contribution is -2.26. The minimum atomic E-state index is -0.786. The van der Waals surface area contributed by atoms with E-state index in [1.54, 1.807) is 38.1 Å². The summed E-state index contributed by atoms with van der Waals surface area (Å²) in [4.78, 5) is 35.6. The van der Waals surface area contributed by atoms with E-state index < -0.39 is 22.3 Å². The number of nitro groups is 1. The second kappa shape index (κ2) is 13.5. The number of rotatable bonds is 13. The number of pyridine rings is 1. The summed E-state index contributed by atoms with van der Waals surface area (Å²) in [5, 5.41) is 29.7. The van der Waals surface area contributed by atoms with Gasteiger partial charge in [0.05, 0.1) is 25.4 Å². The molecule has 0 radical (unpaired) electrons. The summed E-state index contributed by atoms with van der Waals surface area (Å²) in [5.41, 5.74) is 1.06. The average Bonchev–Trinajstić information content (AvgIpc) is 2.87. The molecule has 0 aliphatic carbocycles. The Morgan fingerprint density at radius 1 is 1.11 bits per heavy atom. The van der Waals surface area contributed by atoms with Crippen LogP contribution in [0.25, 0.3) is 0 Å². The first kappa shape index (κ1) is 29.4. The average molecular weight is 520 g/mol. The zero-order chi connectivity index (χ0) is 28.4. The number of carbonyl (C=O) groups is 1. The van der Waals surface area contributed by atoms with Crippen LogP contribution < -0.4 is 5.56 Å². The Morgan fingerprint density at radius 2 is 1.76 bits per heavy atom. The monoisotopic (exact) mass is 519 g/mol. The van der Waals surface area contributed by atoms with Gasteiger partial charge in [0, 0.05) is 24.0 Å². The Morgan fingerprint density at radius 3 is 2.32 bits per heavy atom. The molecule has 0 N–H and O–H groups in total. The highest BCUT2D eigenvalue weighted by atomic mass is 16.6. The molecule has 38 heavy (non-hydrogen) atoms. The van der Waals surface area contributed by atoms with Crippen molar-refractivity contribution in [3.63, 3.8) is 0 Å². The molecule has 0 unspecified atom stereocenters. The van der Waals surface area contributed by atoms with Gasteiger partial charge in [-0.1, -0.05) is 31.9 Å². The van der Waals surface area contributed by atoms with Gasteiger partial charge in [0.2, 0.25) is 0 Å². The van der Waals surface area contributed by atoms with Gasteiger partial charge in [0.1, 0.15) is 17.4 Å². The van der Waals surface area contributed by atoms with Gasteiger partial charge in [-0.05, 0) is 49.0 Å². The van der Waals surface area contributed by atoms with Crippen LogP contribution in [0, 0.1) is 28.4 Å². The van der Waals surface area contributed by atoms with Crippen LogP contribution in [0.3, 0.4) is 0 Å². The fraction of sp³-hybridized carbons (Fsp3) is 0.296. The van der Waals surface area contributed by atoms with Crippen molar-refractivity contribution in [2.24, 2.45) is 10.2 Å². The summed E-state index contributed by atoms with van der Waals surface area (Å²) in [6.07, 6.45) is 0.710. The fourth-order valence-corrected chi connectivity index (χ4v) is 3.21. The van der Waals surface area contributed by atoms with Gasteiger partial charge < -0.3 is 19.6 Å². The molecule has 2 aromatic rings. The van der Waals surface area contributed by atoms with E-state index >= 15 is 0 Å². The topological polar surface area (TPSA) is 149 Å². The third-order valence-corrected chi connectivity index (χ3v) is 5.39. The van der Waals surface area contributed by atoms with E-state index in [0.29, 0.717) is 29.0 Å². The number of hydrogen-bond donors (Lipinski definition) is 0. The molecule has 0 saturated carbocycles. The third kappa shape index (κ3) is 7.57. The molecule has 1 aromatic heterocycles. The van der Waals surface area contributed by atoms with Crippen molar-refractivity contribution in [3.05, 3.63) is 98.1 Å². The number of nitrogens with zero attached hydrogens (tertiary/aromatic N) is 5. The van der Waals surface area contributed by atoms with E-state index in [0.717, 1.165) is 10.1 Å². The molecular weight excluding hydrogens is 490 g/mol. The molecule has 0 bridgehead atoms. The number of esters is 1. The largest absolute Gasteiger partial charge is 0.494 e. The summed E-state index contributed by atoms with van der Waals surface area (Å²) in [6, 6.07) is 8.62. The first-order valence-electron chi connectivity index (χ1n) is 11.6. The maximum absolute atomic E-state index is 12.9. The first-order chi connectivity index (χ1) is 18.0. The van der Waals surface area contributed by atoms with Gasteiger partial charge in [0.25, 0.3) is 0 Å². The van der Waals surface area contributed by atoms with Crippen LogP contribution in [-0.4, -0.2) is 28.7 Å². The Bertz CT molecular complexity index is 1400. The Labute approximate surface area is 220 Å². The SMILES string of the molecule is C=C(C)C(=C)OCCCn1c([N+](=O)[O-])c(N=Nc2ccc(CCOC(=O)C(=C)C)cc2)c(C)c(C#N)c1=O. The number of ether oxygens (including phenoxy) is 2. The van der Waals surface area contributed by atoms with Crippen molar-refractivity contribution in [3.8, 4) is 6.07 Å². The molecule has 11 heteroatoms. The maximum Gasteiger partial charge on any atom is 0.354 e. The van der Waals surface area contributed by atoms with Crippen molar-refractivity contribution in [1.29, 1.82) is 5.26 Å². The van der Waals surface area contributed by atoms with Crippen molar-refractivity contribution < 1.29 is 19.2 Å². The zero-order valence-electron chi connectivity index (χ0n) is 21.7. The standard InChI is InChI=1S/C27H29N5O6/c1-17(2)20(6)37-14-7-13-31-25(32(35)36)24(19(5)23(16-28)26(31)33)30-29-22-10-8-21(9-11-22)12-15-38-27(34)18(3)4/h8-11H,1,3,6-7,12-15H2,2,4-5H3. The second-order valence-corrected chi connectivity index (χ2v) is 8.44. The molecule has 0 atom stereocenters. The van der Waals surface area contributed by atoms with Crippen LogP contribution in [0.1, 0.15) is 37.0 Å². The summed E-state index contributed by atoms with van der Waals surface area (Å²) in [7, 11) is 0. The molecule has 0 amide bonds. The third-order valence-electron chi connectivity index (χ3n) is 5.39. The summed E-state index contributed by atoms with van der Waals surface area (Å²) in [5.74, 6) is -0.651. The van der Waals surface area contributed by atoms with Crippen LogP contribution in [0.15, 0.2) is 75.9 Å². The van der Waals surface area contributed by atoms with E-state index in [2.05, 4.69) is 30.0 Å². The lowest BCUT2D eigenvalue weighted by Gasteiger charge is -2.11. The predicted molar refractivity (Wildman–Crippen MR) is 141 cm³/mol. The van der Waals surface area contributed by atoms with Gasteiger partial charge in [-0.25, -0.2) is 9.59 Å². The van der Waals surface area contributed by atoms with Gasteiger partial charge in [-0.15, -0.1) is 5.11 Å². The van der Waals surface area contributed by atoms with E-state index in [-0.39, 0.29) is 43.0 Å². The Balaban J connectivity index is 2.31. The lowest BCUT2D eigenvalue weighted by molar-refractivity contribution is -0.392. The molecule has 1 heterocycles. The van der Waals surface area contributed by atoms with Crippen molar-refractivity contribution in [1.82, 2.24) is 4.57 Å². The number of carbonyl (C=O) groups excluding carboxylic acids is 1. The quantitative estimate of drug-likeness (QED) is 0.0495. The zero-order valence-corrected chi connectivity index (χ0v) is 21.7. The highest BCUT2D eigenvalue weighted by Gasteiger charge is 2.28. The number of hydrogen-bond acceptors (Lipinski definition) is 9. The molecular formula is C27H29N5O6. The highest BCUT2D eigenvalue weighted by molar-refractivity contribution is 5.86. The van der Waals surface area contributed by atoms with E-state index in [9.17, 15) is 25.0 Å². The normalized spacial score (nSPS) is 10.6. The van der Waals surface area contributed by atoms with Gasteiger partial charge in [0.15, 0.2) is 5.69 Å². The van der Waals surface area contributed by atoms with Crippen molar-refractivity contribution in [2.75, 3.05) is 13.2 Å². The van der Waals surface area contributed by atoms with Crippen LogP contribution in [-0.2, 0) is 27.2 Å². The van der Waals surface area contributed by atoms with Crippen molar-refractivity contribution in [2.45, 2.75) is 40.2 Å². The van der Waals surface area contributed by atoms with Gasteiger partial charge >= 0.3 is 17.3 Å². The highest BCUT2D eigenvalue weighted by Crippen LogP contribution is 2.33. The van der Waals surface area contributed by atoms with Crippen LogP contribution in [0.4, 0.5) is 17.2 Å². The molecule has 0 spiro atoms. The molecule has 1 aromatic carbocycles. The number of nitriles is 1. The van der Waals surface area contributed by atoms with E-state index in [1.165, 1.54) is 6.92 Å². The number of aromatic nitrogens is 1. The molecule has 2 rings (SSSR count). The molecule has 0 aliphatic rings.